The van der Waals surface area contributed by atoms with Gasteiger partial charge >= 0.3 is 17.8 Å². The first kappa shape index (κ1) is 35.5. The van der Waals surface area contributed by atoms with Crippen molar-refractivity contribution in [1.29, 1.82) is 0 Å². The molecule has 3 aliphatic rings. The summed E-state index contributed by atoms with van der Waals surface area (Å²) in [5.41, 5.74) is -2.36. The Labute approximate surface area is 299 Å². The molecule has 2 saturated carbocycles. The molecule has 4 aromatic rings. The van der Waals surface area contributed by atoms with Crippen molar-refractivity contribution in [3.05, 3.63) is 82.9 Å². The van der Waals surface area contributed by atoms with Crippen LogP contribution in [0.15, 0.2) is 60.7 Å². The van der Waals surface area contributed by atoms with Crippen LogP contribution in [0, 0.1) is 0 Å². The lowest BCUT2D eigenvalue weighted by atomic mass is 9.95. The van der Waals surface area contributed by atoms with E-state index in [9.17, 15) is 9.59 Å². The number of hydrogen-bond acceptors (Lipinski definition) is 6. The van der Waals surface area contributed by atoms with Gasteiger partial charge in [-0.15, -0.1) is 0 Å². The Morgan fingerprint density at radius 1 is 0.549 bits per heavy atom. The number of allylic oxidation sites excluding steroid dienone is 2. The molecule has 0 bridgehead atoms. The molecule has 2 fully saturated rings. The summed E-state index contributed by atoms with van der Waals surface area (Å²) < 4.78 is 109. The minimum absolute atomic E-state index is 0.147. The van der Waals surface area contributed by atoms with E-state index in [0.717, 1.165) is 61.2 Å². The maximum Gasteiger partial charge on any atom is 0.380 e. The second kappa shape index (κ2) is 13.9. The molecule has 51 heavy (non-hydrogen) atoms. The lowest BCUT2D eigenvalue weighted by Crippen LogP contribution is -2.48. The van der Waals surface area contributed by atoms with Gasteiger partial charge in [0.05, 0.1) is 12.2 Å². The van der Waals surface area contributed by atoms with Gasteiger partial charge in [-0.2, -0.15) is 26.3 Å². The fourth-order valence-electron chi connectivity index (χ4n) is 7.11. The van der Waals surface area contributed by atoms with Gasteiger partial charge in [-0.1, -0.05) is 84.0 Å². The van der Waals surface area contributed by atoms with Crippen LogP contribution in [0.2, 0.25) is 0 Å². The lowest BCUT2D eigenvalue weighted by Gasteiger charge is -2.26. The van der Waals surface area contributed by atoms with Gasteiger partial charge in [0.2, 0.25) is 0 Å². The molecule has 2 aromatic carbocycles. The first-order valence-corrected chi connectivity index (χ1v) is 18.7. The summed E-state index contributed by atoms with van der Waals surface area (Å²) in [7, 11) is 0. The van der Waals surface area contributed by atoms with Crippen LogP contribution >= 0.6 is 22.7 Å². The van der Waals surface area contributed by atoms with Crippen molar-refractivity contribution < 1.29 is 45.4 Å². The highest BCUT2D eigenvalue weighted by Gasteiger charge is 2.80. The summed E-state index contributed by atoms with van der Waals surface area (Å²) in [6.45, 7) is 0. The molecule has 268 valence electrons. The zero-order chi connectivity index (χ0) is 36.0. The topological polar surface area (TPSA) is 52.6 Å². The van der Waals surface area contributed by atoms with E-state index in [2.05, 4.69) is 0 Å². The first-order valence-electron chi connectivity index (χ1n) is 17.1. The van der Waals surface area contributed by atoms with E-state index < -0.39 is 52.2 Å². The number of alkyl halides is 6. The van der Waals surface area contributed by atoms with Crippen molar-refractivity contribution in [3.63, 3.8) is 0 Å². The normalized spacial score (nSPS) is 20.4. The average Bonchev–Trinajstić information content (AvgIpc) is 3.77. The molecule has 0 atom stereocenters. The van der Waals surface area contributed by atoms with E-state index in [4.69, 9.17) is 9.47 Å². The molecule has 2 heterocycles. The number of halogens is 6. The summed E-state index contributed by atoms with van der Waals surface area (Å²) >= 11 is 1.84. The molecular formula is C39H34F6O4S2. The van der Waals surface area contributed by atoms with E-state index in [1.165, 1.54) is 36.4 Å². The quantitative estimate of drug-likeness (QED) is 0.120. The predicted molar refractivity (Wildman–Crippen MR) is 187 cm³/mol. The molecular weight excluding hydrogens is 711 g/mol. The molecule has 0 radical (unpaired) electrons. The number of aldehydes is 2. The minimum atomic E-state index is -5.78. The number of ether oxygens (including phenoxy) is 2. The van der Waals surface area contributed by atoms with Crippen LogP contribution in [0.5, 0.6) is 10.1 Å². The Hall–Kier alpha value is -3.90. The van der Waals surface area contributed by atoms with Gasteiger partial charge in [0.25, 0.3) is 0 Å². The summed E-state index contributed by atoms with van der Waals surface area (Å²) in [5.74, 6) is -16.4. The summed E-state index contributed by atoms with van der Waals surface area (Å²) in [6.07, 6.45) is 8.06. The fraction of sp³-hybridized carbons (Fsp3) is 0.385. The molecule has 0 saturated heterocycles. The van der Waals surface area contributed by atoms with Crippen molar-refractivity contribution in [2.75, 3.05) is 0 Å². The zero-order valence-electron chi connectivity index (χ0n) is 27.4. The molecule has 7 rings (SSSR count). The van der Waals surface area contributed by atoms with Crippen LogP contribution in [0.4, 0.5) is 26.3 Å². The molecule has 12 heteroatoms. The second-order valence-corrected chi connectivity index (χ2v) is 15.4. The van der Waals surface area contributed by atoms with Gasteiger partial charge < -0.3 is 9.47 Å². The maximum atomic E-state index is 16.3. The van der Waals surface area contributed by atoms with Gasteiger partial charge in [0, 0.05) is 43.2 Å². The molecule has 0 spiro atoms. The van der Waals surface area contributed by atoms with Gasteiger partial charge in [0.15, 0.2) is 10.1 Å². The zero-order valence-corrected chi connectivity index (χ0v) is 29.0. The molecule has 0 amide bonds. The largest absolute Gasteiger partial charge is 0.480 e. The van der Waals surface area contributed by atoms with Crippen molar-refractivity contribution in [3.8, 4) is 31.0 Å². The van der Waals surface area contributed by atoms with Crippen LogP contribution in [-0.4, -0.2) is 42.5 Å². The summed E-state index contributed by atoms with van der Waals surface area (Å²) in [5, 5.41) is -0.293. The van der Waals surface area contributed by atoms with Crippen LogP contribution in [0.1, 0.15) is 96.1 Å². The van der Waals surface area contributed by atoms with Gasteiger partial charge in [-0.05, 0) is 74.6 Å². The number of carbonyl (C=O) groups is 2. The van der Waals surface area contributed by atoms with Crippen molar-refractivity contribution in [1.82, 2.24) is 0 Å². The SMILES string of the molecule is O=Cc1ccc(-c2cc(C3=C(c4cc(-c5ccc(C=O)cc5)sc4OC4CCCCC4)C(F)(F)C(F)(F)C3(F)F)c(OC3CCCCC3)s2)cc1. The molecule has 0 aliphatic heterocycles. The fourth-order valence-corrected chi connectivity index (χ4v) is 9.28. The highest BCUT2D eigenvalue weighted by molar-refractivity contribution is 7.18. The predicted octanol–water partition coefficient (Wildman–Crippen LogP) is 12.0. The van der Waals surface area contributed by atoms with Crippen LogP contribution in [-0.2, 0) is 0 Å². The Morgan fingerprint density at radius 3 is 1.24 bits per heavy atom. The molecule has 0 N–H and O–H groups in total. The highest BCUT2D eigenvalue weighted by Crippen LogP contribution is 2.67. The van der Waals surface area contributed by atoms with Gasteiger partial charge in [0.1, 0.15) is 12.6 Å². The summed E-state index contributed by atoms with van der Waals surface area (Å²) in [6, 6.07) is 14.8. The van der Waals surface area contributed by atoms with Gasteiger partial charge in [-0.25, -0.2) is 0 Å². The van der Waals surface area contributed by atoms with Crippen LogP contribution < -0.4 is 9.47 Å². The molecule has 0 unspecified atom stereocenters. The summed E-state index contributed by atoms with van der Waals surface area (Å²) in [4.78, 5) is 23.2. The monoisotopic (exact) mass is 744 g/mol. The van der Waals surface area contributed by atoms with E-state index in [1.807, 2.05) is 0 Å². The number of benzene rings is 2. The van der Waals surface area contributed by atoms with Crippen molar-refractivity contribution >= 4 is 46.4 Å². The van der Waals surface area contributed by atoms with E-state index in [1.54, 1.807) is 24.3 Å². The third kappa shape index (κ3) is 6.43. The highest BCUT2D eigenvalue weighted by atomic mass is 32.1. The van der Waals surface area contributed by atoms with Crippen LogP contribution in [0.3, 0.4) is 0 Å². The van der Waals surface area contributed by atoms with Crippen molar-refractivity contribution in [2.24, 2.45) is 0 Å². The molecule has 3 aliphatic carbocycles. The third-order valence-electron chi connectivity index (χ3n) is 9.92. The third-order valence-corrected chi connectivity index (χ3v) is 12.1. The number of carbonyl (C=O) groups excluding carboxylic acids is 2. The van der Waals surface area contributed by atoms with E-state index >= 15 is 26.3 Å². The maximum absolute atomic E-state index is 16.3. The standard InChI is InChI=1S/C39H34F6O4S2/c40-37(41)33(29-19-31(25-15-11-23(21-46)12-16-25)50-35(29)48-27-7-3-1-4-8-27)34(38(42,43)39(37,44)45)30-20-32(26-17-13-24(22-47)14-18-26)51-36(30)49-28-9-5-2-6-10-28/h11-22,27-28H,1-10H2. The second-order valence-electron chi connectivity index (χ2n) is 13.3. The Balaban J connectivity index is 1.46. The Bertz CT molecular complexity index is 1790. The first-order chi connectivity index (χ1) is 24.4. The Morgan fingerprint density at radius 2 is 0.902 bits per heavy atom. The minimum Gasteiger partial charge on any atom is -0.480 e. The molecule has 2 aromatic heterocycles. The Kier molecular flexibility index (Phi) is 9.68. The van der Waals surface area contributed by atoms with Crippen LogP contribution in [0.25, 0.3) is 32.0 Å². The number of hydrogen-bond donors (Lipinski definition) is 0. The van der Waals surface area contributed by atoms with Crippen molar-refractivity contribution in [2.45, 2.75) is 94.2 Å². The number of thiophene rings is 2. The lowest BCUT2D eigenvalue weighted by molar-refractivity contribution is -0.254. The van der Waals surface area contributed by atoms with Gasteiger partial charge in [-0.3, -0.25) is 9.59 Å². The molecule has 4 nitrogen and oxygen atoms in total. The number of rotatable bonds is 10. The van der Waals surface area contributed by atoms with E-state index in [0.29, 0.717) is 70.3 Å². The van der Waals surface area contributed by atoms with E-state index in [-0.39, 0.29) is 10.1 Å². The smallest absolute Gasteiger partial charge is 0.380 e. The average molecular weight is 745 g/mol.